The Bertz CT molecular complexity index is 1420. The predicted octanol–water partition coefficient (Wildman–Crippen LogP) is 6.09. The molecule has 1 aliphatic rings. The van der Waals surface area contributed by atoms with Crippen molar-refractivity contribution >= 4 is 22.5 Å². The molecule has 1 fully saturated rings. The van der Waals surface area contributed by atoms with Gasteiger partial charge in [-0.15, -0.1) is 0 Å². The number of anilines is 1. The highest BCUT2D eigenvalue weighted by Crippen LogP contribution is 2.28. The average molecular weight is 582 g/mol. The van der Waals surface area contributed by atoms with Crippen molar-refractivity contribution in [2.24, 2.45) is 5.92 Å². The molecule has 0 aliphatic carbocycles. The minimum atomic E-state index is -4.36. The van der Waals surface area contributed by atoms with Crippen molar-refractivity contribution in [3.05, 3.63) is 59.5 Å². The van der Waals surface area contributed by atoms with E-state index in [2.05, 4.69) is 42.9 Å². The number of carbonyl (C=O) groups is 1. The summed E-state index contributed by atoms with van der Waals surface area (Å²) in [6.45, 7) is 7.49. The van der Waals surface area contributed by atoms with Crippen LogP contribution in [0.2, 0.25) is 0 Å². The smallest absolute Gasteiger partial charge is 0.373 e. The van der Waals surface area contributed by atoms with E-state index in [0.29, 0.717) is 23.7 Å². The maximum absolute atomic E-state index is 13.5. The highest BCUT2D eigenvalue weighted by Gasteiger charge is 2.30. The van der Waals surface area contributed by atoms with E-state index in [-0.39, 0.29) is 17.9 Å². The molecule has 1 aliphatic heterocycles. The molecule has 0 spiro atoms. The Morgan fingerprint density at radius 1 is 1.10 bits per heavy atom. The second kappa shape index (κ2) is 13.2. The molecule has 226 valence electrons. The number of likely N-dealkylation sites (tertiary alicyclic amines) is 1. The van der Waals surface area contributed by atoms with Crippen molar-refractivity contribution in [2.75, 3.05) is 45.6 Å². The highest BCUT2D eigenvalue weighted by atomic mass is 19.4. The van der Waals surface area contributed by atoms with Gasteiger partial charge in [0.2, 0.25) is 5.91 Å². The molecule has 0 atom stereocenters. The highest BCUT2D eigenvalue weighted by molar-refractivity contribution is 5.83. The van der Waals surface area contributed by atoms with Gasteiger partial charge in [0.25, 0.3) is 0 Å². The van der Waals surface area contributed by atoms with E-state index in [9.17, 15) is 18.0 Å². The Kier molecular flexibility index (Phi) is 9.88. The molecule has 0 bridgehead atoms. The maximum atomic E-state index is 13.5. The van der Waals surface area contributed by atoms with Crippen LogP contribution < -0.4 is 5.32 Å². The number of halogens is 3. The van der Waals surface area contributed by atoms with Gasteiger partial charge < -0.3 is 19.7 Å². The lowest BCUT2D eigenvalue weighted by Gasteiger charge is -2.32. The molecule has 42 heavy (non-hydrogen) atoms. The number of rotatable bonds is 8. The number of piperidine rings is 1. The van der Waals surface area contributed by atoms with Crippen LogP contribution in [-0.2, 0) is 23.2 Å². The summed E-state index contributed by atoms with van der Waals surface area (Å²) in [5, 5.41) is 3.94. The second-order valence-corrected chi connectivity index (χ2v) is 12.6. The summed E-state index contributed by atoms with van der Waals surface area (Å²) in [7, 11) is 3.80. The average Bonchev–Trinajstić information content (AvgIpc) is 3.24. The molecule has 6 nitrogen and oxygen atoms in total. The number of benzene rings is 1. The van der Waals surface area contributed by atoms with E-state index in [4.69, 9.17) is 0 Å². The number of aryl methyl sites for hydroxylation is 1. The number of nitrogens with zero attached hydrogens (tertiary/aromatic N) is 4. The van der Waals surface area contributed by atoms with Crippen LogP contribution in [0, 0.1) is 17.8 Å². The number of hydrogen-bond acceptors (Lipinski definition) is 4. The summed E-state index contributed by atoms with van der Waals surface area (Å²) in [6, 6.07) is 11.4. The van der Waals surface area contributed by atoms with E-state index in [1.807, 2.05) is 48.2 Å². The third-order valence-electron chi connectivity index (χ3n) is 7.69. The van der Waals surface area contributed by atoms with Gasteiger partial charge in [0.1, 0.15) is 6.54 Å². The molecule has 0 saturated carbocycles. The molecule has 0 unspecified atom stereocenters. The van der Waals surface area contributed by atoms with Crippen LogP contribution in [0.4, 0.5) is 18.9 Å². The molecule has 3 aromatic rings. The Labute approximate surface area is 247 Å². The lowest BCUT2D eigenvalue weighted by molar-refractivity contribution is -0.140. The van der Waals surface area contributed by atoms with Crippen LogP contribution in [0.15, 0.2) is 42.6 Å². The standard InChI is InChI=1S/C33H42F3N5O/c1-32(2,3)30-13-11-27(21-38-30)37-16-6-7-28-20-26-19-25(10-12-29(26)41(28)23-33(34,35)36)9-8-24-14-17-40(18-15-24)31(42)22-39(4)5/h10-13,19-21,24,37H,8-9,14-18,22-23H2,1-5H3. The van der Waals surface area contributed by atoms with Gasteiger partial charge in [0, 0.05) is 35.1 Å². The first-order valence-electron chi connectivity index (χ1n) is 14.6. The molecule has 4 rings (SSSR count). The molecule has 0 radical (unpaired) electrons. The fourth-order valence-corrected chi connectivity index (χ4v) is 5.36. The molecule has 1 N–H and O–H groups in total. The van der Waals surface area contributed by atoms with E-state index in [0.717, 1.165) is 61.1 Å². The van der Waals surface area contributed by atoms with E-state index >= 15 is 0 Å². The number of nitrogens with one attached hydrogen (secondary N) is 1. The zero-order valence-corrected chi connectivity index (χ0v) is 25.3. The van der Waals surface area contributed by atoms with Gasteiger partial charge in [-0.1, -0.05) is 32.8 Å². The summed E-state index contributed by atoms with van der Waals surface area (Å²) in [6.07, 6.45) is 1.20. The summed E-state index contributed by atoms with van der Waals surface area (Å²) >= 11 is 0. The fraction of sp³-hybridized carbons (Fsp3) is 0.515. The summed E-state index contributed by atoms with van der Waals surface area (Å²) < 4.78 is 41.7. The molecule has 1 saturated heterocycles. The van der Waals surface area contributed by atoms with Crippen LogP contribution in [0.1, 0.15) is 57.0 Å². The first-order chi connectivity index (χ1) is 19.8. The van der Waals surface area contributed by atoms with Gasteiger partial charge >= 0.3 is 6.18 Å². The first-order valence-corrected chi connectivity index (χ1v) is 14.6. The summed E-state index contributed by atoms with van der Waals surface area (Å²) in [5.74, 6) is 6.64. The number of amides is 1. The van der Waals surface area contributed by atoms with Crippen LogP contribution in [0.3, 0.4) is 0 Å². The van der Waals surface area contributed by atoms with Crippen LogP contribution in [0.5, 0.6) is 0 Å². The molecular formula is C33H42F3N5O. The molecule has 2 aromatic heterocycles. The largest absolute Gasteiger partial charge is 0.406 e. The zero-order chi connectivity index (χ0) is 30.5. The Morgan fingerprint density at radius 3 is 2.45 bits per heavy atom. The minimum absolute atomic E-state index is 0.0464. The predicted molar refractivity (Wildman–Crippen MR) is 162 cm³/mol. The third-order valence-corrected chi connectivity index (χ3v) is 7.69. The molecule has 1 aromatic carbocycles. The number of carbonyl (C=O) groups excluding carboxylic acids is 1. The lowest BCUT2D eigenvalue weighted by atomic mass is 9.90. The second-order valence-electron chi connectivity index (χ2n) is 12.6. The number of hydrogen-bond donors (Lipinski definition) is 1. The molecule has 3 heterocycles. The van der Waals surface area contributed by atoms with Gasteiger partial charge in [-0.2, -0.15) is 13.2 Å². The number of fused-ring (bicyclic) bond motifs is 1. The monoisotopic (exact) mass is 581 g/mol. The van der Waals surface area contributed by atoms with E-state index < -0.39 is 12.7 Å². The van der Waals surface area contributed by atoms with Crippen molar-refractivity contribution in [3.63, 3.8) is 0 Å². The summed E-state index contributed by atoms with van der Waals surface area (Å²) in [5.41, 5.74) is 3.72. The quantitative estimate of drug-likeness (QED) is 0.327. The Hall–Kier alpha value is -3.51. The Morgan fingerprint density at radius 2 is 1.83 bits per heavy atom. The van der Waals surface area contributed by atoms with Gasteiger partial charge in [-0.25, -0.2) is 0 Å². The van der Waals surface area contributed by atoms with Crippen molar-refractivity contribution < 1.29 is 18.0 Å². The maximum Gasteiger partial charge on any atom is 0.406 e. The van der Waals surface area contributed by atoms with Crippen molar-refractivity contribution in [1.82, 2.24) is 19.4 Å². The fourth-order valence-electron chi connectivity index (χ4n) is 5.36. The molecule has 1 amide bonds. The number of alkyl halides is 3. The van der Waals surface area contributed by atoms with Crippen LogP contribution >= 0.6 is 0 Å². The van der Waals surface area contributed by atoms with Crippen LogP contribution in [0.25, 0.3) is 10.9 Å². The SMILES string of the molecule is CN(C)CC(=O)N1CCC(CCc2ccc3c(c2)cc(C#CCNc2ccc(C(C)(C)C)nc2)n3CC(F)(F)F)CC1. The van der Waals surface area contributed by atoms with Crippen molar-refractivity contribution in [2.45, 2.75) is 64.6 Å². The van der Waals surface area contributed by atoms with Gasteiger partial charge in [-0.05, 0) is 87.5 Å². The van der Waals surface area contributed by atoms with Gasteiger partial charge in [0.05, 0.1) is 30.7 Å². The number of pyridine rings is 1. The minimum Gasteiger partial charge on any atom is -0.373 e. The zero-order valence-electron chi connectivity index (χ0n) is 25.3. The molecule has 9 heteroatoms. The topological polar surface area (TPSA) is 53.4 Å². The molecular weight excluding hydrogens is 539 g/mol. The third kappa shape index (κ3) is 8.75. The van der Waals surface area contributed by atoms with Crippen molar-refractivity contribution in [1.29, 1.82) is 0 Å². The Balaban J connectivity index is 1.40. The van der Waals surface area contributed by atoms with Crippen molar-refractivity contribution in [3.8, 4) is 11.8 Å². The summed E-state index contributed by atoms with van der Waals surface area (Å²) in [4.78, 5) is 20.6. The van der Waals surface area contributed by atoms with Gasteiger partial charge in [0.15, 0.2) is 0 Å². The number of likely N-dealkylation sites (N-methyl/N-ethyl adjacent to an activating group) is 1. The lowest BCUT2D eigenvalue weighted by Crippen LogP contribution is -2.42. The number of aromatic nitrogens is 2. The van der Waals surface area contributed by atoms with E-state index in [1.54, 1.807) is 18.3 Å². The first kappa shape index (κ1) is 31.4. The van der Waals surface area contributed by atoms with E-state index in [1.165, 1.54) is 4.57 Å². The van der Waals surface area contributed by atoms with Gasteiger partial charge in [-0.3, -0.25) is 9.78 Å². The normalized spacial score (nSPS) is 14.7. The van der Waals surface area contributed by atoms with Crippen LogP contribution in [-0.4, -0.2) is 71.7 Å².